The van der Waals surface area contributed by atoms with E-state index in [4.69, 9.17) is 10.2 Å². The van der Waals surface area contributed by atoms with Gasteiger partial charge in [-0.25, -0.2) is 0 Å². The summed E-state index contributed by atoms with van der Waals surface area (Å²) >= 11 is 3.63. The summed E-state index contributed by atoms with van der Waals surface area (Å²) in [5.74, 6) is 0.948. The van der Waals surface area contributed by atoms with E-state index in [9.17, 15) is 0 Å². The van der Waals surface area contributed by atoms with E-state index in [0.29, 0.717) is 6.54 Å². The highest BCUT2D eigenvalue weighted by atomic mass is 79.9. The van der Waals surface area contributed by atoms with Crippen molar-refractivity contribution in [3.63, 3.8) is 0 Å². The molecule has 2 aromatic rings. The molecule has 0 saturated carbocycles. The maximum atomic E-state index is 5.95. The molecule has 0 bridgehead atoms. The third-order valence-corrected chi connectivity index (χ3v) is 3.94. The van der Waals surface area contributed by atoms with Gasteiger partial charge in [-0.05, 0) is 43.3 Å². The summed E-state index contributed by atoms with van der Waals surface area (Å²) < 4.78 is 6.50. The maximum Gasteiger partial charge on any atom is 0.117 e. The zero-order chi connectivity index (χ0) is 13.8. The second-order valence-electron chi connectivity index (χ2n) is 4.77. The van der Waals surface area contributed by atoms with Crippen LogP contribution in [0.5, 0.6) is 0 Å². The molecule has 19 heavy (non-hydrogen) atoms. The third-order valence-electron chi connectivity index (χ3n) is 3.26. The maximum absolute atomic E-state index is 5.95. The Bertz CT molecular complexity index is 525. The molecule has 0 amide bonds. The molecule has 0 radical (unpaired) electrons. The molecule has 0 aliphatic rings. The molecule has 1 aromatic carbocycles. The SMILES string of the molecule is Cc1ccc(C(CN)N(C)Cc2ccco2)c(Br)c1. The number of rotatable bonds is 5. The van der Waals surface area contributed by atoms with Crippen molar-refractivity contribution in [2.24, 2.45) is 5.73 Å². The van der Waals surface area contributed by atoms with Crippen LogP contribution >= 0.6 is 15.9 Å². The molecule has 1 atom stereocenters. The van der Waals surface area contributed by atoms with Crippen LogP contribution in [0, 0.1) is 6.92 Å². The molecular formula is C15H19BrN2O. The molecule has 1 heterocycles. The van der Waals surface area contributed by atoms with Crippen molar-refractivity contribution in [2.45, 2.75) is 19.5 Å². The first-order chi connectivity index (χ1) is 9.11. The number of nitrogens with two attached hydrogens (primary N) is 1. The van der Waals surface area contributed by atoms with Crippen LogP contribution in [0.25, 0.3) is 0 Å². The van der Waals surface area contributed by atoms with E-state index < -0.39 is 0 Å². The lowest BCUT2D eigenvalue weighted by Crippen LogP contribution is -2.30. The van der Waals surface area contributed by atoms with Crippen LogP contribution in [0.1, 0.15) is 22.9 Å². The summed E-state index contributed by atoms with van der Waals surface area (Å²) in [6, 6.07) is 10.4. The van der Waals surface area contributed by atoms with Crippen LogP contribution in [0.3, 0.4) is 0 Å². The zero-order valence-electron chi connectivity index (χ0n) is 11.3. The van der Waals surface area contributed by atoms with E-state index in [2.05, 4.69) is 53.0 Å². The Hall–Kier alpha value is -1.10. The van der Waals surface area contributed by atoms with Crippen molar-refractivity contribution in [1.29, 1.82) is 0 Å². The molecule has 0 aliphatic carbocycles. The van der Waals surface area contributed by atoms with Crippen LogP contribution in [0.2, 0.25) is 0 Å². The molecule has 3 nitrogen and oxygen atoms in total. The van der Waals surface area contributed by atoms with Crippen molar-refractivity contribution in [3.05, 3.63) is 58.0 Å². The predicted octanol–water partition coefficient (Wildman–Crippen LogP) is 3.48. The lowest BCUT2D eigenvalue weighted by molar-refractivity contribution is 0.222. The summed E-state index contributed by atoms with van der Waals surface area (Å²) in [4.78, 5) is 2.20. The summed E-state index contributed by atoms with van der Waals surface area (Å²) in [6.07, 6.45) is 1.70. The lowest BCUT2D eigenvalue weighted by Gasteiger charge is -2.27. The normalized spacial score (nSPS) is 12.9. The number of hydrogen-bond acceptors (Lipinski definition) is 3. The van der Waals surface area contributed by atoms with Crippen LogP contribution in [0.4, 0.5) is 0 Å². The molecule has 0 spiro atoms. The standard InChI is InChI=1S/C15H19BrN2O/c1-11-5-6-13(14(16)8-11)15(9-17)18(2)10-12-4-3-7-19-12/h3-8,15H,9-10,17H2,1-2H3. The predicted molar refractivity (Wildman–Crippen MR) is 80.8 cm³/mol. The minimum absolute atomic E-state index is 0.167. The van der Waals surface area contributed by atoms with Crippen LogP contribution in [0.15, 0.2) is 45.5 Å². The Kier molecular flexibility index (Phi) is 4.80. The Labute approximate surface area is 122 Å². The van der Waals surface area contributed by atoms with E-state index in [1.165, 1.54) is 11.1 Å². The first kappa shape index (κ1) is 14.3. The number of furan rings is 1. The highest BCUT2D eigenvalue weighted by Gasteiger charge is 2.18. The molecule has 0 aliphatic heterocycles. The number of halogens is 1. The third kappa shape index (κ3) is 3.47. The van der Waals surface area contributed by atoms with E-state index in [0.717, 1.165) is 16.8 Å². The molecule has 2 N–H and O–H groups in total. The molecular weight excluding hydrogens is 304 g/mol. The highest BCUT2D eigenvalue weighted by Crippen LogP contribution is 2.28. The Balaban J connectivity index is 2.18. The van der Waals surface area contributed by atoms with Crippen molar-refractivity contribution in [2.75, 3.05) is 13.6 Å². The second-order valence-corrected chi connectivity index (χ2v) is 5.63. The van der Waals surface area contributed by atoms with E-state index in [-0.39, 0.29) is 6.04 Å². The fourth-order valence-corrected chi connectivity index (χ4v) is 2.96. The quantitative estimate of drug-likeness (QED) is 0.916. The van der Waals surface area contributed by atoms with Crippen molar-refractivity contribution in [1.82, 2.24) is 4.90 Å². The van der Waals surface area contributed by atoms with Gasteiger partial charge in [-0.3, -0.25) is 4.90 Å². The van der Waals surface area contributed by atoms with Crippen molar-refractivity contribution >= 4 is 15.9 Å². The molecule has 1 aromatic heterocycles. The Morgan fingerprint density at radius 1 is 1.37 bits per heavy atom. The summed E-state index contributed by atoms with van der Waals surface area (Å²) in [5, 5.41) is 0. The van der Waals surface area contributed by atoms with E-state index in [1.807, 2.05) is 12.1 Å². The van der Waals surface area contributed by atoms with E-state index in [1.54, 1.807) is 6.26 Å². The molecule has 4 heteroatoms. The summed E-state index contributed by atoms with van der Waals surface area (Å²) in [6.45, 7) is 3.40. The summed E-state index contributed by atoms with van der Waals surface area (Å²) in [7, 11) is 2.06. The lowest BCUT2D eigenvalue weighted by atomic mass is 10.0. The van der Waals surface area contributed by atoms with Gasteiger partial charge >= 0.3 is 0 Å². The minimum atomic E-state index is 0.167. The molecule has 0 fully saturated rings. The average Bonchev–Trinajstić information content (AvgIpc) is 2.85. The van der Waals surface area contributed by atoms with Gasteiger partial charge in [0, 0.05) is 17.1 Å². The fourth-order valence-electron chi connectivity index (χ4n) is 2.21. The molecule has 1 unspecified atom stereocenters. The first-order valence-corrected chi connectivity index (χ1v) is 7.10. The smallest absolute Gasteiger partial charge is 0.117 e. The number of likely N-dealkylation sites (N-methyl/N-ethyl adjacent to an activating group) is 1. The van der Waals surface area contributed by atoms with Gasteiger partial charge in [-0.2, -0.15) is 0 Å². The van der Waals surface area contributed by atoms with Gasteiger partial charge in [-0.1, -0.05) is 28.1 Å². The Morgan fingerprint density at radius 2 is 2.16 bits per heavy atom. The topological polar surface area (TPSA) is 42.4 Å². The van der Waals surface area contributed by atoms with Crippen LogP contribution < -0.4 is 5.73 Å². The largest absolute Gasteiger partial charge is 0.468 e. The van der Waals surface area contributed by atoms with Crippen molar-refractivity contribution < 1.29 is 4.42 Å². The van der Waals surface area contributed by atoms with Crippen LogP contribution in [-0.2, 0) is 6.54 Å². The van der Waals surface area contributed by atoms with Gasteiger partial charge in [0.1, 0.15) is 5.76 Å². The number of hydrogen-bond donors (Lipinski definition) is 1. The number of aryl methyl sites for hydroxylation is 1. The van der Waals surface area contributed by atoms with Gasteiger partial charge in [-0.15, -0.1) is 0 Å². The minimum Gasteiger partial charge on any atom is -0.468 e. The second kappa shape index (κ2) is 6.37. The van der Waals surface area contributed by atoms with Crippen LogP contribution in [-0.4, -0.2) is 18.5 Å². The summed E-state index contributed by atoms with van der Waals surface area (Å²) in [5.41, 5.74) is 8.40. The molecule has 2 rings (SSSR count). The zero-order valence-corrected chi connectivity index (χ0v) is 12.9. The van der Waals surface area contributed by atoms with Gasteiger partial charge in [0.2, 0.25) is 0 Å². The Morgan fingerprint density at radius 3 is 2.74 bits per heavy atom. The van der Waals surface area contributed by atoms with Gasteiger partial charge in [0.25, 0.3) is 0 Å². The van der Waals surface area contributed by atoms with Gasteiger partial charge < -0.3 is 10.2 Å². The van der Waals surface area contributed by atoms with Gasteiger partial charge in [0.05, 0.1) is 12.8 Å². The van der Waals surface area contributed by atoms with Crippen molar-refractivity contribution in [3.8, 4) is 0 Å². The number of benzene rings is 1. The highest BCUT2D eigenvalue weighted by molar-refractivity contribution is 9.10. The average molecular weight is 323 g/mol. The van der Waals surface area contributed by atoms with Gasteiger partial charge in [0.15, 0.2) is 0 Å². The molecule has 102 valence electrons. The van der Waals surface area contributed by atoms with E-state index >= 15 is 0 Å². The monoisotopic (exact) mass is 322 g/mol. The molecule has 0 saturated heterocycles. The first-order valence-electron chi connectivity index (χ1n) is 6.30. The fraction of sp³-hybridized carbons (Fsp3) is 0.333. The number of nitrogens with zero attached hydrogens (tertiary/aromatic N) is 1.